The Morgan fingerprint density at radius 3 is 2.65 bits per heavy atom. The Morgan fingerprint density at radius 2 is 2.05 bits per heavy atom. The molecule has 1 aromatic heterocycles. The molecule has 0 spiro atoms. The molecule has 20 heavy (non-hydrogen) atoms. The number of carbonyl (C=O) groups is 1. The van der Waals surface area contributed by atoms with Crippen molar-refractivity contribution < 1.29 is 9.90 Å². The molecule has 0 saturated carbocycles. The average molecular weight is 273 g/mol. The normalized spacial score (nSPS) is 12.4. The molecule has 0 fully saturated rings. The van der Waals surface area contributed by atoms with Crippen LogP contribution in [0.25, 0.3) is 5.69 Å². The molecule has 1 amide bonds. The van der Waals surface area contributed by atoms with Gasteiger partial charge in [0.1, 0.15) is 0 Å². The van der Waals surface area contributed by atoms with Gasteiger partial charge in [0, 0.05) is 6.20 Å². The molecular weight excluding hydrogens is 254 g/mol. The number of amides is 1. The van der Waals surface area contributed by atoms with E-state index < -0.39 is 0 Å². The first-order valence-corrected chi connectivity index (χ1v) is 6.63. The van der Waals surface area contributed by atoms with Crippen molar-refractivity contribution in [1.82, 2.24) is 15.1 Å². The Labute approximate surface area is 118 Å². The molecule has 0 aliphatic heterocycles. The van der Waals surface area contributed by atoms with Crippen molar-refractivity contribution in [3.05, 3.63) is 48.3 Å². The molecule has 0 aliphatic rings. The van der Waals surface area contributed by atoms with Crippen molar-refractivity contribution in [3.8, 4) is 5.69 Å². The molecule has 2 N–H and O–H groups in total. The van der Waals surface area contributed by atoms with Gasteiger partial charge in [-0.25, -0.2) is 4.68 Å². The predicted octanol–water partition coefficient (Wildman–Crippen LogP) is 1.62. The number of aromatic nitrogens is 2. The van der Waals surface area contributed by atoms with Crippen LogP contribution in [0.4, 0.5) is 0 Å². The molecule has 0 aliphatic carbocycles. The number of carbonyl (C=O) groups excluding carboxylic acids is 1. The lowest BCUT2D eigenvalue weighted by atomic mass is 10.1. The molecule has 106 valence electrons. The number of nitrogens with zero attached hydrogens (tertiary/aromatic N) is 2. The quantitative estimate of drug-likeness (QED) is 0.870. The highest BCUT2D eigenvalue weighted by Gasteiger charge is 2.17. The van der Waals surface area contributed by atoms with E-state index in [4.69, 9.17) is 0 Å². The number of rotatable bonds is 5. The van der Waals surface area contributed by atoms with Gasteiger partial charge in [-0.2, -0.15) is 5.10 Å². The standard InChI is InChI=1S/C15H19N3O2/c1-11(2)14(10-19)17-15(20)12-8-16-18(9-12)13-6-4-3-5-7-13/h3-9,11,14,19H,10H2,1-2H3,(H,17,20). The van der Waals surface area contributed by atoms with E-state index in [0.29, 0.717) is 5.56 Å². The zero-order valence-corrected chi connectivity index (χ0v) is 11.7. The summed E-state index contributed by atoms with van der Waals surface area (Å²) in [6, 6.07) is 9.34. The molecule has 0 saturated heterocycles. The van der Waals surface area contributed by atoms with E-state index in [9.17, 15) is 9.90 Å². The van der Waals surface area contributed by atoms with Gasteiger partial charge in [0.15, 0.2) is 0 Å². The molecule has 5 heteroatoms. The number of benzene rings is 1. The largest absolute Gasteiger partial charge is 0.394 e. The van der Waals surface area contributed by atoms with E-state index in [1.165, 1.54) is 6.20 Å². The second-order valence-electron chi connectivity index (χ2n) is 5.02. The number of para-hydroxylation sites is 1. The summed E-state index contributed by atoms with van der Waals surface area (Å²) in [5, 5.41) is 16.2. The molecule has 1 unspecified atom stereocenters. The topological polar surface area (TPSA) is 67.2 Å². The fraction of sp³-hybridized carbons (Fsp3) is 0.333. The van der Waals surface area contributed by atoms with Crippen molar-refractivity contribution in [2.45, 2.75) is 19.9 Å². The minimum Gasteiger partial charge on any atom is -0.394 e. The van der Waals surface area contributed by atoms with Gasteiger partial charge in [0.05, 0.1) is 30.1 Å². The third-order valence-corrected chi connectivity index (χ3v) is 3.18. The first-order valence-electron chi connectivity index (χ1n) is 6.63. The van der Waals surface area contributed by atoms with Gasteiger partial charge in [-0.3, -0.25) is 4.79 Å². The van der Waals surface area contributed by atoms with Gasteiger partial charge < -0.3 is 10.4 Å². The lowest BCUT2D eigenvalue weighted by Crippen LogP contribution is -2.41. The number of hydrogen-bond donors (Lipinski definition) is 2. The first-order chi connectivity index (χ1) is 9.61. The average Bonchev–Trinajstić information content (AvgIpc) is 2.95. The fourth-order valence-electron chi connectivity index (χ4n) is 1.84. The van der Waals surface area contributed by atoms with Crippen molar-refractivity contribution >= 4 is 5.91 Å². The van der Waals surface area contributed by atoms with Crippen LogP contribution in [0.3, 0.4) is 0 Å². The van der Waals surface area contributed by atoms with Gasteiger partial charge in [0.2, 0.25) is 0 Å². The summed E-state index contributed by atoms with van der Waals surface area (Å²) in [5.41, 5.74) is 1.38. The number of aliphatic hydroxyl groups is 1. The zero-order chi connectivity index (χ0) is 14.5. The van der Waals surface area contributed by atoms with Gasteiger partial charge in [-0.1, -0.05) is 32.0 Å². The van der Waals surface area contributed by atoms with Gasteiger partial charge in [0.25, 0.3) is 5.91 Å². The van der Waals surface area contributed by atoms with Crippen molar-refractivity contribution in [2.24, 2.45) is 5.92 Å². The number of hydrogen-bond acceptors (Lipinski definition) is 3. The zero-order valence-electron chi connectivity index (χ0n) is 11.7. The van der Waals surface area contributed by atoms with Gasteiger partial charge >= 0.3 is 0 Å². The highest BCUT2D eigenvalue weighted by Crippen LogP contribution is 2.08. The van der Waals surface area contributed by atoms with Crippen molar-refractivity contribution in [2.75, 3.05) is 6.61 Å². The summed E-state index contributed by atoms with van der Waals surface area (Å²) in [6.45, 7) is 3.83. The maximum absolute atomic E-state index is 12.1. The van der Waals surface area contributed by atoms with Crippen LogP contribution in [0.1, 0.15) is 24.2 Å². The van der Waals surface area contributed by atoms with E-state index in [2.05, 4.69) is 10.4 Å². The van der Waals surface area contributed by atoms with Crippen LogP contribution in [-0.4, -0.2) is 33.4 Å². The van der Waals surface area contributed by atoms with Crippen LogP contribution in [0.5, 0.6) is 0 Å². The Bertz CT molecular complexity index is 564. The summed E-state index contributed by atoms with van der Waals surface area (Å²) >= 11 is 0. The third kappa shape index (κ3) is 3.24. The molecule has 1 atom stereocenters. The maximum Gasteiger partial charge on any atom is 0.254 e. The predicted molar refractivity (Wildman–Crippen MR) is 76.7 cm³/mol. The van der Waals surface area contributed by atoms with E-state index in [1.54, 1.807) is 10.9 Å². The van der Waals surface area contributed by atoms with E-state index in [1.807, 2.05) is 44.2 Å². The smallest absolute Gasteiger partial charge is 0.254 e. The highest BCUT2D eigenvalue weighted by molar-refractivity contribution is 5.94. The van der Waals surface area contributed by atoms with E-state index in [0.717, 1.165) is 5.69 Å². The molecular formula is C15H19N3O2. The minimum absolute atomic E-state index is 0.0732. The second-order valence-corrected chi connectivity index (χ2v) is 5.02. The first kappa shape index (κ1) is 14.3. The van der Waals surface area contributed by atoms with E-state index in [-0.39, 0.29) is 24.5 Å². The van der Waals surface area contributed by atoms with E-state index >= 15 is 0 Å². The SMILES string of the molecule is CC(C)C(CO)NC(=O)c1cnn(-c2ccccc2)c1. The summed E-state index contributed by atoms with van der Waals surface area (Å²) in [6.07, 6.45) is 3.20. The molecule has 1 heterocycles. The highest BCUT2D eigenvalue weighted by atomic mass is 16.3. The van der Waals surface area contributed by atoms with Crippen LogP contribution in [-0.2, 0) is 0 Å². The lowest BCUT2D eigenvalue weighted by Gasteiger charge is -2.19. The maximum atomic E-state index is 12.1. The lowest BCUT2D eigenvalue weighted by molar-refractivity contribution is 0.0897. The summed E-state index contributed by atoms with van der Waals surface area (Å²) in [5.74, 6) is -0.0481. The molecule has 2 rings (SSSR count). The molecule has 1 aromatic carbocycles. The van der Waals surface area contributed by atoms with Crippen LogP contribution < -0.4 is 5.32 Å². The number of nitrogens with one attached hydrogen (secondary N) is 1. The molecule has 0 bridgehead atoms. The number of aliphatic hydroxyl groups excluding tert-OH is 1. The van der Waals surface area contributed by atoms with Crippen LogP contribution >= 0.6 is 0 Å². The fourth-order valence-corrected chi connectivity index (χ4v) is 1.84. The third-order valence-electron chi connectivity index (χ3n) is 3.18. The monoisotopic (exact) mass is 273 g/mol. The van der Waals surface area contributed by atoms with Gasteiger partial charge in [-0.05, 0) is 18.1 Å². The van der Waals surface area contributed by atoms with Gasteiger partial charge in [-0.15, -0.1) is 0 Å². The second kappa shape index (κ2) is 6.34. The summed E-state index contributed by atoms with van der Waals surface area (Å²) < 4.78 is 1.65. The van der Waals surface area contributed by atoms with Crippen LogP contribution in [0.15, 0.2) is 42.7 Å². The Kier molecular flexibility index (Phi) is 4.53. The minimum atomic E-state index is -0.248. The Hall–Kier alpha value is -2.14. The summed E-state index contributed by atoms with van der Waals surface area (Å²) in [7, 11) is 0. The van der Waals surface area contributed by atoms with Crippen LogP contribution in [0, 0.1) is 5.92 Å². The van der Waals surface area contributed by atoms with Crippen LogP contribution in [0.2, 0.25) is 0 Å². The molecule has 5 nitrogen and oxygen atoms in total. The van der Waals surface area contributed by atoms with Crippen molar-refractivity contribution in [1.29, 1.82) is 0 Å². The Morgan fingerprint density at radius 1 is 1.35 bits per heavy atom. The van der Waals surface area contributed by atoms with Crippen molar-refractivity contribution in [3.63, 3.8) is 0 Å². The Balaban J connectivity index is 2.11. The molecule has 0 radical (unpaired) electrons. The molecule has 2 aromatic rings. The summed E-state index contributed by atoms with van der Waals surface area (Å²) in [4.78, 5) is 12.1.